The average molecular weight is 452 g/mol. The van der Waals surface area contributed by atoms with Crippen molar-refractivity contribution in [1.29, 1.82) is 0 Å². The molecule has 0 aromatic heterocycles. The third-order valence-electron chi connectivity index (χ3n) is 4.19. The van der Waals surface area contributed by atoms with Gasteiger partial charge >= 0.3 is 17.6 Å². The normalized spacial score (nSPS) is 12.7. The Labute approximate surface area is 177 Å². The topological polar surface area (TPSA) is 55.4 Å². The van der Waals surface area contributed by atoms with Crippen LogP contribution < -0.4 is 0 Å². The molecule has 28 heavy (non-hydrogen) atoms. The minimum Gasteiger partial charge on any atom is -0.374 e. The van der Waals surface area contributed by atoms with E-state index in [2.05, 4.69) is 6.58 Å². The van der Waals surface area contributed by atoms with Crippen LogP contribution in [0.5, 0.6) is 0 Å². The van der Waals surface area contributed by atoms with E-state index in [4.69, 9.17) is 26.6 Å². The van der Waals surface area contributed by atoms with Gasteiger partial charge in [0, 0.05) is 51.7 Å². The van der Waals surface area contributed by atoms with Crippen LogP contribution in [-0.4, -0.2) is 66.0 Å². The highest BCUT2D eigenvalue weighted by Gasteiger charge is 2.43. The first-order chi connectivity index (χ1) is 13.5. The summed E-state index contributed by atoms with van der Waals surface area (Å²) in [6.07, 6.45) is 2.03. The van der Waals surface area contributed by atoms with Gasteiger partial charge in [0.05, 0.1) is 8.80 Å². The summed E-state index contributed by atoms with van der Waals surface area (Å²) < 4.78 is 36.1. The van der Waals surface area contributed by atoms with Gasteiger partial charge in [0.15, 0.2) is 0 Å². The molecule has 0 rings (SSSR count). The van der Waals surface area contributed by atoms with Crippen molar-refractivity contribution in [2.24, 2.45) is 0 Å². The molecule has 0 fully saturated rings. The van der Waals surface area contributed by atoms with Crippen molar-refractivity contribution in [3.63, 3.8) is 0 Å². The van der Waals surface area contributed by atoms with Gasteiger partial charge < -0.3 is 26.6 Å². The highest BCUT2D eigenvalue weighted by atomic mass is 28.4. The molecule has 0 N–H and O–H groups in total. The Hall–Kier alpha value is 0.151. The molecule has 0 saturated heterocycles. The van der Waals surface area contributed by atoms with Gasteiger partial charge in [-0.2, -0.15) is 0 Å². The molecular weight excluding hydrogens is 408 g/mol. The lowest BCUT2D eigenvalue weighted by atomic mass is 10.8. The first-order valence-corrected chi connectivity index (χ1v) is 16.8. The zero-order chi connectivity index (χ0) is 21.3. The van der Waals surface area contributed by atoms with E-state index >= 15 is 0 Å². The molecule has 0 bridgehead atoms. The molecule has 0 saturated carbocycles. The molecule has 1 radical (unpaired) electrons. The van der Waals surface area contributed by atoms with E-state index in [1.54, 1.807) is 0 Å². The molecule has 0 heterocycles. The number of hydrogen-bond acceptors (Lipinski definition) is 6. The maximum absolute atomic E-state index is 6.02. The standard InChI is InChI=1S/C19H43O6Si3/c1-8-15-26(16-18-27(20-9-2,21-10-3)22-11-4)17-19-28(23-12-5,24-13-6)25-14-7/h8H,1,9-19H2,2-7H3. The summed E-state index contributed by atoms with van der Waals surface area (Å²) in [7, 11) is -5.90. The molecular formula is C19H43O6Si3. The zero-order valence-corrected chi connectivity index (χ0v) is 22.0. The van der Waals surface area contributed by atoms with Crippen LogP contribution in [-0.2, 0) is 26.6 Å². The largest absolute Gasteiger partial charge is 0.500 e. The second-order valence-corrected chi connectivity index (χ2v) is 14.6. The van der Waals surface area contributed by atoms with Crippen LogP contribution in [0.2, 0.25) is 30.2 Å². The minimum atomic E-state index is -2.60. The van der Waals surface area contributed by atoms with Gasteiger partial charge in [-0.25, -0.2) is 0 Å². The molecule has 9 heteroatoms. The van der Waals surface area contributed by atoms with Gasteiger partial charge in [-0.3, -0.25) is 0 Å². The maximum atomic E-state index is 6.02. The monoisotopic (exact) mass is 451 g/mol. The molecule has 0 aromatic rings. The van der Waals surface area contributed by atoms with Gasteiger partial charge in [-0.15, -0.1) is 6.58 Å². The van der Waals surface area contributed by atoms with Gasteiger partial charge in [-0.05, 0) is 47.6 Å². The predicted molar refractivity (Wildman–Crippen MR) is 121 cm³/mol. The van der Waals surface area contributed by atoms with Crippen molar-refractivity contribution in [2.75, 3.05) is 39.6 Å². The van der Waals surface area contributed by atoms with Crippen LogP contribution in [0.3, 0.4) is 0 Å². The maximum Gasteiger partial charge on any atom is 0.500 e. The molecule has 0 aliphatic carbocycles. The fourth-order valence-corrected chi connectivity index (χ4v) is 13.5. The molecule has 0 aromatic carbocycles. The summed E-state index contributed by atoms with van der Waals surface area (Å²) in [5, 5.41) is 0. The predicted octanol–water partition coefficient (Wildman–Crippen LogP) is 4.76. The van der Waals surface area contributed by atoms with Crippen molar-refractivity contribution < 1.29 is 26.6 Å². The number of hydrogen-bond donors (Lipinski definition) is 0. The Morgan fingerprint density at radius 1 is 0.607 bits per heavy atom. The van der Waals surface area contributed by atoms with Crippen molar-refractivity contribution in [2.45, 2.75) is 71.8 Å². The first-order valence-electron chi connectivity index (χ1n) is 10.8. The SMILES string of the molecule is C=CC[Si](CC[Si](OCC)(OCC)OCC)CC[Si](OCC)(OCC)OCC. The van der Waals surface area contributed by atoms with Crippen LogP contribution in [0.1, 0.15) is 41.5 Å². The molecule has 0 spiro atoms. The second-order valence-electron chi connectivity index (χ2n) is 6.21. The lowest BCUT2D eigenvalue weighted by molar-refractivity contribution is 0.0722. The molecule has 0 aliphatic rings. The van der Waals surface area contributed by atoms with Crippen molar-refractivity contribution in [3.05, 3.63) is 12.7 Å². The summed E-state index contributed by atoms with van der Waals surface area (Å²) in [6.45, 7) is 19.7. The number of rotatable bonds is 20. The minimum absolute atomic E-state index is 0.616. The highest BCUT2D eigenvalue weighted by molar-refractivity contribution is 6.68. The van der Waals surface area contributed by atoms with Crippen LogP contribution in [0.15, 0.2) is 12.7 Å². The highest BCUT2D eigenvalue weighted by Crippen LogP contribution is 2.26. The van der Waals surface area contributed by atoms with Gasteiger partial charge in [0.1, 0.15) is 0 Å². The Morgan fingerprint density at radius 3 is 1.11 bits per heavy atom. The van der Waals surface area contributed by atoms with Crippen molar-refractivity contribution in [3.8, 4) is 0 Å². The smallest absolute Gasteiger partial charge is 0.374 e. The fourth-order valence-electron chi connectivity index (χ4n) is 3.20. The van der Waals surface area contributed by atoms with Crippen molar-refractivity contribution in [1.82, 2.24) is 0 Å². The zero-order valence-electron chi connectivity index (χ0n) is 19.0. The molecule has 0 unspecified atom stereocenters. The second kappa shape index (κ2) is 16.9. The third-order valence-corrected chi connectivity index (χ3v) is 14.1. The van der Waals surface area contributed by atoms with Gasteiger partial charge in [0.25, 0.3) is 0 Å². The van der Waals surface area contributed by atoms with E-state index in [9.17, 15) is 0 Å². The van der Waals surface area contributed by atoms with E-state index in [1.165, 1.54) is 0 Å². The third kappa shape index (κ3) is 10.8. The lowest BCUT2D eigenvalue weighted by Crippen LogP contribution is -2.47. The van der Waals surface area contributed by atoms with Crippen LogP contribution in [0.25, 0.3) is 0 Å². The van der Waals surface area contributed by atoms with E-state index in [0.29, 0.717) is 39.6 Å². The quantitative estimate of drug-likeness (QED) is 0.196. The Bertz CT molecular complexity index is 323. The Balaban J connectivity index is 5.09. The average Bonchev–Trinajstić information content (AvgIpc) is 2.65. The summed E-state index contributed by atoms with van der Waals surface area (Å²) in [4.78, 5) is 0. The van der Waals surface area contributed by atoms with Gasteiger partial charge in [0.2, 0.25) is 0 Å². The first kappa shape index (κ1) is 28.2. The molecule has 167 valence electrons. The van der Waals surface area contributed by atoms with E-state index < -0.39 is 26.4 Å². The molecule has 0 atom stereocenters. The van der Waals surface area contributed by atoms with E-state index in [-0.39, 0.29) is 0 Å². The van der Waals surface area contributed by atoms with Crippen LogP contribution in [0.4, 0.5) is 0 Å². The summed E-state index contributed by atoms with van der Waals surface area (Å²) >= 11 is 0. The summed E-state index contributed by atoms with van der Waals surface area (Å²) in [5.41, 5.74) is 0. The van der Waals surface area contributed by atoms with Gasteiger partial charge in [-0.1, -0.05) is 18.2 Å². The lowest BCUT2D eigenvalue weighted by Gasteiger charge is -2.31. The summed E-state index contributed by atoms with van der Waals surface area (Å²) in [5.74, 6) is 0. The van der Waals surface area contributed by atoms with E-state index in [0.717, 1.165) is 30.2 Å². The fraction of sp³-hybridized carbons (Fsp3) is 0.895. The van der Waals surface area contributed by atoms with Crippen molar-refractivity contribution >= 4 is 26.4 Å². The van der Waals surface area contributed by atoms with E-state index in [1.807, 2.05) is 47.6 Å². The molecule has 0 aliphatic heterocycles. The van der Waals surface area contributed by atoms with Crippen LogP contribution >= 0.6 is 0 Å². The molecule has 6 nitrogen and oxygen atoms in total. The summed E-state index contributed by atoms with van der Waals surface area (Å²) in [6, 6.07) is 4.89. The Kier molecular flexibility index (Phi) is 17.0. The Morgan fingerprint density at radius 2 is 0.893 bits per heavy atom. The molecule has 0 amide bonds. The van der Waals surface area contributed by atoms with Crippen LogP contribution in [0, 0.1) is 0 Å². The number of allylic oxidation sites excluding steroid dienone is 1.